The van der Waals surface area contributed by atoms with Gasteiger partial charge in [-0.3, -0.25) is 4.79 Å². The fourth-order valence-corrected chi connectivity index (χ4v) is 2.00. The summed E-state index contributed by atoms with van der Waals surface area (Å²) in [6.07, 6.45) is 0.740. The summed E-state index contributed by atoms with van der Waals surface area (Å²) in [6.45, 7) is 1.89. The van der Waals surface area contributed by atoms with Crippen molar-refractivity contribution in [2.24, 2.45) is 17.6 Å². The summed E-state index contributed by atoms with van der Waals surface area (Å²) < 4.78 is 28.3. The molecule has 21 heavy (non-hydrogen) atoms. The van der Waals surface area contributed by atoms with Crippen LogP contribution in [0.4, 0.5) is 8.78 Å². The van der Waals surface area contributed by atoms with E-state index in [0.29, 0.717) is 19.0 Å². The average Bonchev–Trinajstić information content (AvgIpc) is 2.42. The standard InChI is InChI=1S/C15H22F2N2O2/c1-10(2)7-12(8-18)14(20)19-9-11-3-5-13(6-4-11)21-15(16)17/h3-6,10,12,15H,7-9,18H2,1-2H3,(H,19,20). The van der Waals surface area contributed by atoms with E-state index in [0.717, 1.165) is 12.0 Å². The summed E-state index contributed by atoms with van der Waals surface area (Å²) in [5.41, 5.74) is 6.42. The van der Waals surface area contributed by atoms with Crippen LogP contribution in [0.1, 0.15) is 25.8 Å². The lowest BCUT2D eigenvalue weighted by molar-refractivity contribution is -0.125. The number of hydrogen-bond donors (Lipinski definition) is 2. The fourth-order valence-electron chi connectivity index (χ4n) is 2.00. The van der Waals surface area contributed by atoms with Gasteiger partial charge in [0.1, 0.15) is 5.75 Å². The molecule has 0 fully saturated rings. The number of benzene rings is 1. The van der Waals surface area contributed by atoms with E-state index < -0.39 is 6.61 Å². The van der Waals surface area contributed by atoms with Gasteiger partial charge in [0.15, 0.2) is 0 Å². The van der Waals surface area contributed by atoms with Crippen LogP contribution in [0.3, 0.4) is 0 Å². The molecule has 3 N–H and O–H groups in total. The highest BCUT2D eigenvalue weighted by Crippen LogP contribution is 2.15. The Morgan fingerprint density at radius 2 is 1.90 bits per heavy atom. The highest BCUT2D eigenvalue weighted by atomic mass is 19.3. The molecule has 1 atom stereocenters. The van der Waals surface area contributed by atoms with E-state index in [9.17, 15) is 13.6 Å². The van der Waals surface area contributed by atoms with Crippen molar-refractivity contribution in [3.8, 4) is 5.75 Å². The molecule has 1 rings (SSSR count). The quantitative estimate of drug-likeness (QED) is 0.775. The van der Waals surface area contributed by atoms with Crippen molar-refractivity contribution < 1.29 is 18.3 Å². The molecule has 0 heterocycles. The van der Waals surface area contributed by atoms with E-state index in [4.69, 9.17) is 5.73 Å². The maximum absolute atomic E-state index is 12.0. The molecule has 6 heteroatoms. The second-order valence-corrected chi connectivity index (χ2v) is 5.30. The van der Waals surface area contributed by atoms with Crippen LogP contribution in [0.5, 0.6) is 5.75 Å². The highest BCUT2D eigenvalue weighted by molar-refractivity contribution is 5.78. The number of hydrogen-bond acceptors (Lipinski definition) is 3. The van der Waals surface area contributed by atoms with Crippen molar-refractivity contribution in [3.05, 3.63) is 29.8 Å². The van der Waals surface area contributed by atoms with Crippen LogP contribution in [-0.2, 0) is 11.3 Å². The van der Waals surface area contributed by atoms with Crippen LogP contribution >= 0.6 is 0 Å². The molecule has 0 aliphatic carbocycles. The lowest BCUT2D eigenvalue weighted by Gasteiger charge is -2.16. The second-order valence-electron chi connectivity index (χ2n) is 5.30. The Morgan fingerprint density at radius 3 is 2.38 bits per heavy atom. The monoisotopic (exact) mass is 300 g/mol. The number of nitrogens with two attached hydrogens (primary N) is 1. The van der Waals surface area contributed by atoms with E-state index >= 15 is 0 Å². The van der Waals surface area contributed by atoms with E-state index in [1.54, 1.807) is 12.1 Å². The Balaban J connectivity index is 2.48. The van der Waals surface area contributed by atoms with Crippen LogP contribution in [0, 0.1) is 11.8 Å². The molecule has 0 saturated heterocycles. The lowest BCUT2D eigenvalue weighted by atomic mass is 9.96. The van der Waals surface area contributed by atoms with Crippen molar-refractivity contribution in [1.82, 2.24) is 5.32 Å². The molecule has 118 valence electrons. The Kier molecular flexibility index (Phi) is 7.08. The molecule has 1 aromatic carbocycles. The third-order valence-corrected chi connectivity index (χ3v) is 3.03. The van der Waals surface area contributed by atoms with E-state index in [1.807, 2.05) is 13.8 Å². The van der Waals surface area contributed by atoms with Gasteiger partial charge in [-0.25, -0.2) is 0 Å². The van der Waals surface area contributed by atoms with Gasteiger partial charge in [-0.1, -0.05) is 26.0 Å². The first-order valence-corrected chi connectivity index (χ1v) is 6.94. The van der Waals surface area contributed by atoms with Crippen molar-refractivity contribution in [1.29, 1.82) is 0 Å². The maximum Gasteiger partial charge on any atom is 0.387 e. The van der Waals surface area contributed by atoms with Gasteiger partial charge in [-0.05, 0) is 30.0 Å². The topological polar surface area (TPSA) is 64.4 Å². The van der Waals surface area contributed by atoms with Gasteiger partial charge in [0.05, 0.1) is 5.92 Å². The second kappa shape index (κ2) is 8.56. The lowest BCUT2D eigenvalue weighted by Crippen LogP contribution is -2.35. The fraction of sp³-hybridized carbons (Fsp3) is 0.533. The molecule has 0 aromatic heterocycles. The summed E-state index contributed by atoms with van der Waals surface area (Å²) in [6, 6.07) is 6.17. The SMILES string of the molecule is CC(C)CC(CN)C(=O)NCc1ccc(OC(F)F)cc1. The Bertz CT molecular complexity index is 436. The number of alkyl halides is 2. The van der Waals surface area contributed by atoms with Crippen molar-refractivity contribution in [2.45, 2.75) is 33.4 Å². The van der Waals surface area contributed by atoms with Gasteiger partial charge in [-0.2, -0.15) is 8.78 Å². The first kappa shape index (κ1) is 17.4. The predicted molar refractivity (Wildman–Crippen MR) is 76.9 cm³/mol. The molecule has 1 amide bonds. The summed E-state index contributed by atoms with van der Waals surface area (Å²) >= 11 is 0. The van der Waals surface area contributed by atoms with Gasteiger partial charge in [0.2, 0.25) is 5.91 Å². The molecule has 0 saturated carbocycles. The summed E-state index contributed by atoms with van der Waals surface area (Å²) in [4.78, 5) is 12.0. The summed E-state index contributed by atoms with van der Waals surface area (Å²) in [5, 5.41) is 2.81. The van der Waals surface area contributed by atoms with E-state index in [1.165, 1.54) is 12.1 Å². The Labute approximate surface area is 123 Å². The predicted octanol–water partition coefficient (Wildman–Crippen LogP) is 2.53. The van der Waals surface area contributed by atoms with Gasteiger partial charge in [0.25, 0.3) is 0 Å². The third kappa shape index (κ3) is 6.53. The van der Waals surface area contributed by atoms with Crippen LogP contribution in [0.25, 0.3) is 0 Å². The molecule has 0 aliphatic heterocycles. The molecule has 4 nitrogen and oxygen atoms in total. The number of carbonyl (C=O) groups is 1. The number of ether oxygens (including phenoxy) is 1. The van der Waals surface area contributed by atoms with Crippen molar-refractivity contribution in [3.63, 3.8) is 0 Å². The minimum absolute atomic E-state index is 0.0842. The summed E-state index contributed by atoms with van der Waals surface area (Å²) in [7, 11) is 0. The number of carbonyl (C=O) groups excluding carboxylic acids is 1. The number of nitrogens with one attached hydrogen (secondary N) is 1. The zero-order valence-electron chi connectivity index (χ0n) is 12.3. The maximum atomic E-state index is 12.0. The van der Waals surface area contributed by atoms with Crippen molar-refractivity contribution in [2.75, 3.05) is 6.54 Å². The van der Waals surface area contributed by atoms with Gasteiger partial charge in [-0.15, -0.1) is 0 Å². The third-order valence-electron chi connectivity index (χ3n) is 3.03. The molecular weight excluding hydrogens is 278 g/mol. The van der Waals surface area contributed by atoms with Gasteiger partial charge in [0, 0.05) is 13.1 Å². The molecule has 0 aliphatic rings. The number of halogens is 2. The Morgan fingerprint density at radius 1 is 1.29 bits per heavy atom. The molecule has 1 unspecified atom stereocenters. The zero-order chi connectivity index (χ0) is 15.8. The average molecular weight is 300 g/mol. The summed E-state index contributed by atoms with van der Waals surface area (Å²) in [5.74, 6) is 0.209. The highest BCUT2D eigenvalue weighted by Gasteiger charge is 2.17. The molecule has 0 radical (unpaired) electrons. The molecular formula is C15H22F2N2O2. The molecule has 1 aromatic rings. The van der Waals surface area contributed by atoms with E-state index in [-0.39, 0.29) is 17.6 Å². The van der Waals surface area contributed by atoms with Crippen LogP contribution in [0.2, 0.25) is 0 Å². The normalized spacial score (nSPS) is 12.5. The van der Waals surface area contributed by atoms with Crippen molar-refractivity contribution >= 4 is 5.91 Å². The number of amides is 1. The minimum Gasteiger partial charge on any atom is -0.435 e. The molecule has 0 bridgehead atoms. The first-order valence-electron chi connectivity index (χ1n) is 6.94. The Hall–Kier alpha value is -1.69. The molecule has 0 spiro atoms. The van der Waals surface area contributed by atoms with Crippen LogP contribution in [0.15, 0.2) is 24.3 Å². The van der Waals surface area contributed by atoms with E-state index in [2.05, 4.69) is 10.1 Å². The van der Waals surface area contributed by atoms with Gasteiger partial charge >= 0.3 is 6.61 Å². The number of rotatable bonds is 8. The first-order chi connectivity index (χ1) is 9.92. The van der Waals surface area contributed by atoms with Crippen LogP contribution in [-0.4, -0.2) is 19.1 Å². The minimum atomic E-state index is -2.84. The largest absolute Gasteiger partial charge is 0.435 e. The van der Waals surface area contributed by atoms with Gasteiger partial charge < -0.3 is 15.8 Å². The zero-order valence-corrected chi connectivity index (χ0v) is 12.3. The van der Waals surface area contributed by atoms with Crippen LogP contribution < -0.4 is 15.8 Å². The smallest absolute Gasteiger partial charge is 0.387 e.